The maximum Gasteiger partial charge on any atom is 0.573 e. The van der Waals surface area contributed by atoms with Crippen molar-refractivity contribution >= 4 is 38.4 Å². The highest BCUT2D eigenvalue weighted by Gasteiger charge is 2.42. The van der Waals surface area contributed by atoms with Crippen molar-refractivity contribution in [1.29, 1.82) is 0 Å². The van der Waals surface area contributed by atoms with Crippen LogP contribution < -0.4 is 15.0 Å². The van der Waals surface area contributed by atoms with Crippen LogP contribution in [0.4, 0.5) is 22.7 Å². The van der Waals surface area contributed by atoms with Gasteiger partial charge in [-0.3, -0.25) is 4.79 Å². The minimum atomic E-state index is -5.11. The molecule has 3 aromatic rings. The number of rotatable bonds is 10. The van der Waals surface area contributed by atoms with E-state index in [-0.39, 0.29) is 41.9 Å². The normalized spacial score (nSPS) is 16.2. The van der Waals surface area contributed by atoms with E-state index in [1.165, 1.54) is 6.92 Å². The molecule has 43 heavy (non-hydrogen) atoms. The fraction of sp³-hybridized carbons (Fsp3) is 0.370. The van der Waals surface area contributed by atoms with Crippen LogP contribution in [0.25, 0.3) is 0 Å². The zero-order chi connectivity index (χ0) is 31.5. The molecule has 232 valence electrons. The van der Waals surface area contributed by atoms with Gasteiger partial charge in [-0.25, -0.2) is 22.6 Å². The van der Waals surface area contributed by atoms with Crippen LogP contribution in [-0.4, -0.2) is 66.7 Å². The number of anilines is 1. The first-order valence-electron chi connectivity index (χ1n) is 13.1. The van der Waals surface area contributed by atoms with Crippen molar-refractivity contribution in [3.05, 3.63) is 70.0 Å². The van der Waals surface area contributed by atoms with Crippen LogP contribution in [0.15, 0.2) is 47.4 Å². The van der Waals surface area contributed by atoms with E-state index in [2.05, 4.69) is 15.0 Å². The first kappa shape index (κ1) is 32.2. The van der Waals surface area contributed by atoms with Crippen LogP contribution in [-0.2, 0) is 27.8 Å². The summed E-state index contributed by atoms with van der Waals surface area (Å²) >= 11 is 0.867. The van der Waals surface area contributed by atoms with Crippen molar-refractivity contribution in [2.75, 3.05) is 24.5 Å². The minimum Gasteiger partial charge on any atom is -0.477 e. The average molecular weight is 645 g/mol. The molecule has 0 radical (unpaired) electrons. The van der Waals surface area contributed by atoms with Crippen LogP contribution >= 0.6 is 11.3 Å². The summed E-state index contributed by atoms with van der Waals surface area (Å²) in [6, 6.07) is 7.71. The molecule has 0 spiro atoms. The molecule has 1 fully saturated rings. The molecule has 1 unspecified atom stereocenters. The lowest BCUT2D eigenvalue weighted by atomic mass is 10.1. The summed E-state index contributed by atoms with van der Waals surface area (Å²) in [5.74, 6) is -4.33. The zero-order valence-corrected chi connectivity index (χ0v) is 24.7. The highest BCUT2D eigenvalue weighted by molar-refractivity contribution is 7.89. The van der Waals surface area contributed by atoms with E-state index in [1.807, 2.05) is 31.2 Å². The minimum absolute atomic E-state index is 0.0131. The van der Waals surface area contributed by atoms with Gasteiger partial charge in [0, 0.05) is 32.2 Å². The molecule has 1 atom stereocenters. The monoisotopic (exact) mass is 644 g/mol. The summed E-state index contributed by atoms with van der Waals surface area (Å²) in [6.07, 6.45) is -3.27. The predicted molar refractivity (Wildman–Crippen MR) is 149 cm³/mol. The smallest absolute Gasteiger partial charge is 0.477 e. The largest absolute Gasteiger partial charge is 0.573 e. The number of carboxylic acid groups (broad SMARTS) is 1. The number of carbonyl (C=O) groups is 2. The number of aromatic carboxylic acids is 1. The van der Waals surface area contributed by atoms with Gasteiger partial charge in [0.05, 0.1) is 5.69 Å². The Bertz CT molecular complexity index is 1600. The number of halogens is 4. The van der Waals surface area contributed by atoms with Crippen molar-refractivity contribution in [3.63, 3.8) is 0 Å². The predicted octanol–water partition coefficient (Wildman–Crippen LogP) is 4.34. The van der Waals surface area contributed by atoms with Gasteiger partial charge in [-0.1, -0.05) is 48.9 Å². The number of thiazole rings is 1. The molecule has 4 rings (SSSR count). The number of aryl methyl sites for hydroxylation is 2. The van der Waals surface area contributed by atoms with Gasteiger partial charge in [-0.05, 0) is 36.6 Å². The number of hydrogen-bond donors (Lipinski definition) is 2. The molecule has 16 heteroatoms. The maximum atomic E-state index is 14.9. The molecule has 10 nitrogen and oxygen atoms in total. The quantitative estimate of drug-likeness (QED) is 0.312. The number of nitrogens with zero attached hydrogens (tertiary/aromatic N) is 3. The SMILES string of the molecule is CCCc1ccc(CNC(=O)C2CN(c3nc(C)c(C(=O)O)s3)CCN2S(=O)(=O)c2ccc(OC(F)(F)F)cc2F)cc1. The summed E-state index contributed by atoms with van der Waals surface area (Å²) in [6.45, 7) is 3.02. The van der Waals surface area contributed by atoms with E-state index in [0.717, 1.165) is 39.6 Å². The van der Waals surface area contributed by atoms with Crippen LogP contribution in [0.2, 0.25) is 0 Å². The summed E-state index contributed by atoms with van der Waals surface area (Å²) in [5.41, 5.74) is 2.12. The second kappa shape index (κ2) is 12.9. The number of carbonyl (C=O) groups excluding carboxylic acids is 1. The van der Waals surface area contributed by atoms with E-state index < -0.39 is 50.8 Å². The number of aromatic nitrogens is 1. The molecule has 0 aliphatic carbocycles. The Kier molecular flexibility index (Phi) is 9.61. The summed E-state index contributed by atoms with van der Waals surface area (Å²) < 4.78 is 84.3. The zero-order valence-electron chi connectivity index (χ0n) is 23.0. The highest BCUT2D eigenvalue weighted by Crippen LogP contribution is 2.32. The Morgan fingerprint density at radius 1 is 1.14 bits per heavy atom. The first-order chi connectivity index (χ1) is 20.2. The van der Waals surface area contributed by atoms with Crippen molar-refractivity contribution in [2.24, 2.45) is 0 Å². The number of sulfonamides is 1. The van der Waals surface area contributed by atoms with Gasteiger partial charge < -0.3 is 20.1 Å². The summed E-state index contributed by atoms with van der Waals surface area (Å²) in [7, 11) is -4.74. The molecule has 1 amide bonds. The van der Waals surface area contributed by atoms with Crippen LogP contribution in [0.1, 0.15) is 39.8 Å². The second-order valence-corrected chi connectivity index (χ2v) is 12.6. The van der Waals surface area contributed by atoms with Gasteiger partial charge in [-0.2, -0.15) is 4.31 Å². The topological polar surface area (TPSA) is 129 Å². The number of alkyl halides is 3. The van der Waals surface area contributed by atoms with Crippen molar-refractivity contribution in [2.45, 2.75) is 50.5 Å². The molecular weight excluding hydrogens is 616 g/mol. The summed E-state index contributed by atoms with van der Waals surface area (Å²) in [4.78, 5) is 29.9. The van der Waals surface area contributed by atoms with E-state index in [1.54, 1.807) is 4.90 Å². The molecule has 0 saturated carbocycles. The molecule has 2 heterocycles. The van der Waals surface area contributed by atoms with Gasteiger partial charge in [-0.15, -0.1) is 13.2 Å². The van der Waals surface area contributed by atoms with E-state index in [9.17, 15) is 40.7 Å². The number of ether oxygens (including phenoxy) is 1. The average Bonchev–Trinajstić information content (AvgIpc) is 3.33. The third-order valence-electron chi connectivity index (χ3n) is 6.64. The third kappa shape index (κ3) is 7.61. The Morgan fingerprint density at radius 3 is 2.40 bits per heavy atom. The van der Waals surface area contributed by atoms with Gasteiger partial charge in [0.2, 0.25) is 15.9 Å². The van der Waals surface area contributed by atoms with Crippen LogP contribution in [0, 0.1) is 12.7 Å². The number of benzene rings is 2. The van der Waals surface area contributed by atoms with Gasteiger partial charge >= 0.3 is 12.3 Å². The number of amides is 1. The van der Waals surface area contributed by atoms with Crippen molar-refractivity contribution < 1.29 is 45.4 Å². The van der Waals surface area contributed by atoms with Gasteiger partial charge in [0.1, 0.15) is 27.4 Å². The molecule has 0 bridgehead atoms. The van der Waals surface area contributed by atoms with E-state index in [0.29, 0.717) is 18.2 Å². The third-order valence-corrected chi connectivity index (χ3v) is 9.78. The molecular formula is C27H28F4N4O6S2. The van der Waals surface area contributed by atoms with E-state index in [4.69, 9.17) is 0 Å². The molecule has 1 aromatic heterocycles. The Labute approximate surface area is 249 Å². The maximum absolute atomic E-state index is 14.9. The molecule has 1 aliphatic rings. The standard InChI is InChI=1S/C27H28F4N4O6S2/c1-3-4-17-5-7-18(8-6-17)14-32-24(36)21-15-34(26-33-16(2)23(42-26)25(37)38)11-12-35(21)43(39,40)22-10-9-19(13-20(22)28)41-27(29,30)31/h5-10,13,21H,3-4,11-12,14-15H2,1-2H3,(H,32,36)(H,37,38). The van der Waals surface area contributed by atoms with E-state index >= 15 is 0 Å². The fourth-order valence-corrected chi connectivity index (χ4v) is 7.15. The molecule has 1 saturated heterocycles. The Balaban J connectivity index is 1.62. The lowest BCUT2D eigenvalue weighted by Gasteiger charge is -2.39. The van der Waals surface area contributed by atoms with Crippen molar-refractivity contribution in [1.82, 2.24) is 14.6 Å². The number of nitrogens with one attached hydrogen (secondary N) is 1. The number of carboxylic acids is 1. The number of piperazine rings is 1. The number of hydrogen-bond acceptors (Lipinski definition) is 8. The highest BCUT2D eigenvalue weighted by atomic mass is 32.2. The van der Waals surface area contributed by atoms with Crippen LogP contribution in [0.5, 0.6) is 5.75 Å². The Hall–Kier alpha value is -3.76. The molecule has 2 N–H and O–H groups in total. The van der Waals surface area contributed by atoms with Crippen molar-refractivity contribution in [3.8, 4) is 5.75 Å². The lowest BCUT2D eigenvalue weighted by molar-refractivity contribution is -0.274. The summed E-state index contributed by atoms with van der Waals surface area (Å²) in [5, 5.41) is 12.4. The fourth-order valence-electron chi connectivity index (χ4n) is 4.59. The Morgan fingerprint density at radius 2 is 1.81 bits per heavy atom. The van der Waals surface area contributed by atoms with Gasteiger partial charge in [0.25, 0.3) is 0 Å². The first-order valence-corrected chi connectivity index (χ1v) is 15.3. The lowest BCUT2D eigenvalue weighted by Crippen LogP contribution is -2.60. The van der Waals surface area contributed by atoms with Crippen LogP contribution in [0.3, 0.4) is 0 Å². The van der Waals surface area contributed by atoms with Gasteiger partial charge in [0.15, 0.2) is 5.13 Å². The second-order valence-electron chi connectivity index (χ2n) is 9.72. The molecule has 2 aromatic carbocycles. The molecule has 1 aliphatic heterocycles.